The summed E-state index contributed by atoms with van der Waals surface area (Å²) < 4.78 is 2.55. The summed E-state index contributed by atoms with van der Waals surface area (Å²) >= 11 is 9.28. The third-order valence-corrected chi connectivity index (χ3v) is 3.76. The summed E-state index contributed by atoms with van der Waals surface area (Å²) in [6, 6.07) is 5.17. The van der Waals surface area contributed by atoms with E-state index in [1.165, 1.54) is 0 Å². The number of aryl methyl sites for hydroxylation is 1. The van der Waals surface area contributed by atoms with Gasteiger partial charge in [-0.2, -0.15) is 5.10 Å². The van der Waals surface area contributed by atoms with Crippen LogP contribution in [0.2, 0.25) is 5.02 Å². The number of aromatic nitrogens is 2. The third kappa shape index (κ3) is 2.82. The lowest BCUT2D eigenvalue weighted by Crippen LogP contribution is -2.00. The smallest absolute Gasteiger partial charge is 0.196 e. The van der Waals surface area contributed by atoms with E-state index in [-0.39, 0.29) is 5.78 Å². The molecule has 0 aliphatic rings. The molecule has 0 aliphatic carbocycles. The first-order chi connectivity index (χ1) is 8.61. The number of hydrogen-bond donors (Lipinski definition) is 0. The van der Waals surface area contributed by atoms with Crippen molar-refractivity contribution in [3.8, 4) is 0 Å². The van der Waals surface area contributed by atoms with Crippen molar-refractivity contribution in [1.82, 2.24) is 9.78 Å². The van der Waals surface area contributed by atoms with Gasteiger partial charge in [0.2, 0.25) is 0 Å². The lowest BCUT2D eigenvalue weighted by atomic mass is 10.1. The summed E-state index contributed by atoms with van der Waals surface area (Å²) in [6.45, 7) is 2.88. The number of nitrogens with zero attached hydrogens (tertiary/aromatic N) is 2. The Morgan fingerprint density at radius 2 is 2.22 bits per heavy atom. The highest BCUT2D eigenvalue weighted by atomic mass is 79.9. The minimum atomic E-state index is -0.0632. The Morgan fingerprint density at radius 3 is 2.89 bits per heavy atom. The molecule has 0 atom stereocenters. The Labute approximate surface area is 119 Å². The zero-order valence-electron chi connectivity index (χ0n) is 9.86. The standard InChI is InChI=1S/C13H12BrClN2O/c1-2-5-17-8-10(7-16-17)13(18)9-3-4-11(14)12(15)6-9/h3-4,6-8H,2,5H2,1H3. The van der Waals surface area contributed by atoms with Crippen LogP contribution >= 0.6 is 27.5 Å². The maximum absolute atomic E-state index is 12.2. The number of benzene rings is 1. The second-order valence-corrected chi connectivity index (χ2v) is 5.21. The van der Waals surface area contributed by atoms with E-state index in [9.17, 15) is 4.79 Å². The molecule has 5 heteroatoms. The van der Waals surface area contributed by atoms with Gasteiger partial charge in [0.05, 0.1) is 16.8 Å². The fourth-order valence-corrected chi connectivity index (χ4v) is 2.06. The van der Waals surface area contributed by atoms with Gasteiger partial charge in [-0.05, 0) is 40.5 Å². The normalized spacial score (nSPS) is 10.6. The summed E-state index contributed by atoms with van der Waals surface area (Å²) in [5.41, 5.74) is 1.15. The zero-order chi connectivity index (χ0) is 13.1. The van der Waals surface area contributed by atoms with Gasteiger partial charge >= 0.3 is 0 Å². The van der Waals surface area contributed by atoms with Crippen LogP contribution in [-0.4, -0.2) is 15.6 Å². The first-order valence-electron chi connectivity index (χ1n) is 5.64. The molecule has 3 nitrogen and oxygen atoms in total. The van der Waals surface area contributed by atoms with Crippen molar-refractivity contribution in [1.29, 1.82) is 0 Å². The SMILES string of the molecule is CCCn1cc(C(=O)c2ccc(Br)c(Cl)c2)cn1. The van der Waals surface area contributed by atoms with Crippen LogP contribution in [0.25, 0.3) is 0 Å². The summed E-state index contributed by atoms with van der Waals surface area (Å²) in [5.74, 6) is -0.0632. The molecule has 0 spiro atoms. The molecule has 2 rings (SSSR count). The second kappa shape index (κ2) is 5.67. The molecule has 18 heavy (non-hydrogen) atoms. The van der Waals surface area contributed by atoms with Crippen LogP contribution in [-0.2, 0) is 6.54 Å². The summed E-state index contributed by atoms with van der Waals surface area (Å²) in [6.07, 6.45) is 4.34. The molecule has 0 radical (unpaired) electrons. The molecule has 0 unspecified atom stereocenters. The topological polar surface area (TPSA) is 34.9 Å². The van der Waals surface area contributed by atoms with Crippen LogP contribution in [0.15, 0.2) is 35.1 Å². The van der Waals surface area contributed by atoms with E-state index in [0.29, 0.717) is 16.1 Å². The number of carbonyl (C=O) groups is 1. The lowest BCUT2D eigenvalue weighted by Gasteiger charge is -2.00. The largest absolute Gasteiger partial charge is 0.288 e. The predicted octanol–water partition coefficient (Wildman–Crippen LogP) is 3.94. The van der Waals surface area contributed by atoms with Crippen molar-refractivity contribution in [2.75, 3.05) is 0 Å². The Kier molecular flexibility index (Phi) is 4.19. The summed E-state index contributed by atoms with van der Waals surface area (Å²) in [7, 11) is 0. The maximum atomic E-state index is 12.2. The number of ketones is 1. The van der Waals surface area contributed by atoms with Crippen LogP contribution in [0.3, 0.4) is 0 Å². The van der Waals surface area contributed by atoms with Crippen molar-refractivity contribution in [2.24, 2.45) is 0 Å². The summed E-state index contributed by atoms with van der Waals surface area (Å²) in [5, 5.41) is 4.68. The van der Waals surface area contributed by atoms with E-state index in [0.717, 1.165) is 17.4 Å². The number of halogens is 2. The third-order valence-electron chi connectivity index (χ3n) is 2.53. The van der Waals surface area contributed by atoms with E-state index in [1.807, 2.05) is 0 Å². The van der Waals surface area contributed by atoms with Crippen molar-refractivity contribution in [3.63, 3.8) is 0 Å². The molecule has 0 saturated heterocycles. The summed E-state index contributed by atoms with van der Waals surface area (Å²) in [4.78, 5) is 12.2. The van der Waals surface area contributed by atoms with Gasteiger partial charge in [0, 0.05) is 22.8 Å². The molecule has 2 aromatic rings. The van der Waals surface area contributed by atoms with E-state index in [4.69, 9.17) is 11.6 Å². The van der Waals surface area contributed by atoms with Crippen LogP contribution in [0, 0.1) is 0 Å². The van der Waals surface area contributed by atoms with E-state index in [1.54, 1.807) is 35.3 Å². The highest BCUT2D eigenvalue weighted by Crippen LogP contribution is 2.24. The second-order valence-electron chi connectivity index (χ2n) is 3.95. The average Bonchev–Trinajstić information content (AvgIpc) is 2.81. The molecule has 0 N–H and O–H groups in total. The minimum Gasteiger partial charge on any atom is -0.288 e. The average molecular weight is 328 g/mol. The Bertz CT molecular complexity index is 580. The molecular weight excluding hydrogens is 316 g/mol. The minimum absolute atomic E-state index is 0.0632. The van der Waals surface area contributed by atoms with Crippen LogP contribution in [0.4, 0.5) is 0 Å². The molecule has 1 aromatic heterocycles. The highest BCUT2D eigenvalue weighted by Gasteiger charge is 2.12. The molecule has 1 heterocycles. The predicted molar refractivity (Wildman–Crippen MR) is 75.1 cm³/mol. The number of rotatable bonds is 4. The van der Waals surface area contributed by atoms with Gasteiger partial charge in [0.15, 0.2) is 5.78 Å². The fraction of sp³-hybridized carbons (Fsp3) is 0.231. The van der Waals surface area contributed by atoms with Crippen molar-refractivity contribution < 1.29 is 4.79 Å². The Morgan fingerprint density at radius 1 is 1.44 bits per heavy atom. The molecular formula is C13H12BrClN2O. The van der Waals surface area contributed by atoms with Crippen LogP contribution < -0.4 is 0 Å². The van der Waals surface area contributed by atoms with E-state index < -0.39 is 0 Å². The highest BCUT2D eigenvalue weighted by molar-refractivity contribution is 9.10. The Balaban J connectivity index is 2.26. The van der Waals surface area contributed by atoms with Gasteiger partial charge in [-0.3, -0.25) is 9.48 Å². The molecule has 0 bridgehead atoms. The number of carbonyl (C=O) groups excluding carboxylic acids is 1. The van der Waals surface area contributed by atoms with E-state index >= 15 is 0 Å². The van der Waals surface area contributed by atoms with Crippen molar-refractivity contribution >= 4 is 33.3 Å². The van der Waals surface area contributed by atoms with Gasteiger partial charge < -0.3 is 0 Å². The van der Waals surface area contributed by atoms with Gasteiger partial charge in [0.1, 0.15) is 0 Å². The van der Waals surface area contributed by atoms with Gasteiger partial charge in [0.25, 0.3) is 0 Å². The monoisotopic (exact) mass is 326 g/mol. The molecule has 0 amide bonds. The van der Waals surface area contributed by atoms with Crippen molar-refractivity contribution in [3.05, 3.63) is 51.2 Å². The van der Waals surface area contributed by atoms with Crippen molar-refractivity contribution in [2.45, 2.75) is 19.9 Å². The van der Waals surface area contributed by atoms with Gasteiger partial charge in [-0.25, -0.2) is 0 Å². The lowest BCUT2D eigenvalue weighted by molar-refractivity contribution is 0.103. The molecule has 94 valence electrons. The first-order valence-corrected chi connectivity index (χ1v) is 6.81. The van der Waals surface area contributed by atoms with E-state index in [2.05, 4.69) is 28.0 Å². The molecule has 0 fully saturated rings. The van der Waals surface area contributed by atoms with Gasteiger partial charge in [-0.15, -0.1) is 0 Å². The molecule has 1 aromatic carbocycles. The molecule has 0 saturated carbocycles. The Hall–Kier alpha value is -1.13. The first kappa shape index (κ1) is 13.3. The maximum Gasteiger partial charge on any atom is 0.196 e. The van der Waals surface area contributed by atoms with Crippen LogP contribution in [0.5, 0.6) is 0 Å². The number of hydrogen-bond acceptors (Lipinski definition) is 2. The van der Waals surface area contributed by atoms with Gasteiger partial charge in [-0.1, -0.05) is 18.5 Å². The quantitative estimate of drug-likeness (QED) is 0.797. The molecule has 0 aliphatic heterocycles. The zero-order valence-corrected chi connectivity index (χ0v) is 12.2. The fourth-order valence-electron chi connectivity index (χ4n) is 1.64. The van der Waals surface area contributed by atoms with Crippen LogP contribution in [0.1, 0.15) is 29.3 Å².